The standard InChI is InChI=1S/C23H38NO5P/c1-2-3-4-5-6-7-8-9-10-17-27-22-15-11-13-21(18-22)14-12-16-23(24)19-28-30(25,26)29-20-23/h2,11,13,15,18H,1,3-10,12,14,16-17,19-20,24H2,(H,25,26). The highest BCUT2D eigenvalue weighted by Gasteiger charge is 2.38. The Morgan fingerprint density at radius 2 is 1.77 bits per heavy atom. The minimum Gasteiger partial charge on any atom is -0.494 e. The van der Waals surface area contributed by atoms with Gasteiger partial charge in [0.1, 0.15) is 5.75 Å². The van der Waals surface area contributed by atoms with Gasteiger partial charge < -0.3 is 15.4 Å². The molecule has 0 unspecified atom stereocenters. The summed E-state index contributed by atoms with van der Waals surface area (Å²) in [6.45, 7) is 4.59. The fourth-order valence-corrected chi connectivity index (χ4v) is 4.46. The summed E-state index contributed by atoms with van der Waals surface area (Å²) in [6, 6.07) is 8.17. The zero-order valence-electron chi connectivity index (χ0n) is 18.1. The zero-order chi connectivity index (χ0) is 21.7. The summed E-state index contributed by atoms with van der Waals surface area (Å²) in [5.74, 6) is 0.907. The Kier molecular flexibility index (Phi) is 11.1. The molecule has 0 aromatic heterocycles. The Labute approximate surface area is 181 Å². The molecule has 2 rings (SSSR count). The number of hydrogen-bond donors (Lipinski definition) is 2. The van der Waals surface area contributed by atoms with E-state index in [1.807, 2.05) is 18.2 Å². The molecular weight excluding hydrogens is 401 g/mol. The van der Waals surface area contributed by atoms with E-state index in [1.54, 1.807) is 0 Å². The highest BCUT2D eigenvalue weighted by molar-refractivity contribution is 7.47. The molecule has 0 amide bonds. The highest BCUT2D eigenvalue weighted by atomic mass is 31.2. The van der Waals surface area contributed by atoms with Crippen molar-refractivity contribution >= 4 is 7.82 Å². The number of nitrogens with two attached hydrogens (primary N) is 1. The average molecular weight is 440 g/mol. The van der Waals surface area contributed by atoms with Crippen LogP contribution in [-0.4, -0.2) is 30.3 Å². The number of benzene rings is 1. The van der Waals surface area contributed by atoms with Gasteiger partial charge in [0.15, 0.2) is 0 Å². The van der Waals surface area contributed by atoms with Gasteiger partial charge in [0.2, 0.25) is 0 Å². The zero-order valence-corrected chi connectivity index (χ0v) is 19.0. The Balaban J connectivity index is 1.57. The summed E-state index contributed by atoms with van der Waals surface area (Å²) in [7, 11) is -3.89. The maximum Gasteiger partial charge on any atom is 0.472 e. The van der Waals surface area contributed by atoms with Crippen molar-refractivity contribution < 1.29 is 23.2 Å². The molecule has 0 aliphatic carbocycles. The van der Waals surface area contributed by atoms with Crippen molar-refractivity contribution in [1.29, 1.82) is 0 Å². The quantitative estimate of drug-likeness (QED) is 0.212. The minimum absolute atomic E-state index is 0.0404. The van der Waals surface area contributed by atoms with Crippen LogP contribution in [0, 0.1) is 0 Å². The largest absolute Gasteiger partial charge is 0.494 e. The summed E-state index contributed by atoms with van der Waals surface area (Å²) in [4.78, 5) is 9.25. The Hall–Kier alpha value is -1.17. The molecule has 1 aliphatic heterocycles. The number of allylic oxidation sites excluding steroid dienone is 1. The molecule has 6 nitrogen and oxygen atoms in total. The molecular formula is C23H38NO5P. The molecule has 3 N–H and O–H groups in total. The van der Waals surface area contributed by atoms with Gasteiger partial charge in [0.05, 0.1) is 25.4 Å². The van der Waals surface area contributed by atoms with Crippen molar-refractivity contribution in [2.75, 3.05) is 19.8 Å². The van der Waals surface area contributed by atoms with Crippen LogP contribution in [0.4, 0.5) is 0 Å². The molecule has 1 aliphatic rings. The fourth-order valence-electron chi connectivity index (χ4n) is 3.54. The number of unbranched alkanes of at least 4 members (excludes halogenated alkanes) is 7. The summed E-state index contributed by atoms with van der Waals surface area (Å²) < 4.78 is 26.9. The van der Waals surface area contributed by atoms with Crippen LogP contribution in [0.15, 0.2) is 36.9 Å². The Morgan fingerprint density at radius 1 is 1.10 bits per heavy atom. The molecule has 0 saturated carbocycles. The van der Waals surface area contributed by atoms with Crippen LogP contribution in [0.25, 0.3) is 0 Å². The summed E-state index contributed by atoms with van der Waals surface area (Å²) >= 11 is 0. The van der Waals surface area contributed by atoms with Crippen molar-refractivity contribution in [3.8, 4) is 5.75 Å². The number of aryl methyl sites for hydroxylation is 1. The normalized spacial score (nSPS) is 23.9. The van der Waals surface area contributed by atoms with Gasteiger partial charge in [-0.1, -0.05) is 50.3 Å². The molecule has 7 heteroatoms. The van der Waals surface area contributed by atoms with Gasteiger partial charge in [-0.2, -0.15) is 0 Å². The predicted molar refractivity (Wildman–Crippen MR) is 121 cm³/mol. The van der Waals surface area contributed by atoms with Gasteiger partial charge in [-0.05, 0) is 56.2 Å². The van der Waals surface area contributed by atoms with E-state index < -0.39 is 13.4 Å². The third-order valence-electron chi connectivity index (χ3n) is 5.39. The summed E-state index contributed by atoms with van der Waals surface area (Å²) in [6.07, 6.45) is 14.3. The molecule has 1 fully saturated rings. The maximum atomic E-state index is 11.3. The monoisotopic (exact) mass is 439 g/mol. The lowest BCUT2D eigenvalue weighted by Gasteiger charge is -2.34. The van der Waals surface area contributed by atoms with Crippen LogP contribution in [0.1, 0.15) is 69.8 Å². The van der Waals surface area contributed by atoms with Gasteiger partial charge in [0.25, 0.3) is 0 Å². The first-order valence-electron chi connectivity index (χ1n) is 11.2. The molecule has 1 heterocycles. The fraction of sp³-hybridized carbons (Fsp3) is 0.652. The number of ether oxygens (including phenoxy) is 1. The van der Waals surface area contributed by atoms with Crippen LogP contribution in [0.5, 0.6) is 5.75 Å². The van der Waals surface area contributed by atoms with Crippen molar-refractivity contribution in [1.82, 2.24) is 0 Å². The van der Waals surface area contributed by atoms with Crippen LogP contribution in [-0.2, 0) is 20.0 Å². The number of phosphoric acid groups is 1. The minimum atomic E-state index is -3.89. The van der Waals surface area contributed by atoms with Crippen LogP contribution in [0.2, 0.25) is 0 Å². The second kappa shape index (κ2) is 13.3. The SMILES string of the molecule is C=CCCCCCCCCCOc1cccc(CCCC2(N)COP(=O)(O)OC2)c1. The molecule has 0 atom stereocenters. The van der Waals surface area contributed by atoms with E-state index in [0.717, 1.165) is 38.0 Å². The van der Waals surface area contributed by atoms with E-state index in [0.29, 0.717) is 6.42 Å². The van der Waals surface area contributed by atoms with E-state index in [2.05, 4.69) is 18.7 Å². The first kappa shape index (κ1) is 25.1. The molecule has 170 valence electrons. The first-order valence-corrected chi connectivity index (χ1v) is 12.7. The van der Waals surface area contributed by atoms with Gasteiger partial charge >= 0.3 is 7.82 Å². The third kappa shape index (κ3) is 10.2. The van der Waals surface area contributed by atoms with Gasteiger partial charge in [-0.15, -0.1) is 6.58 Å². The maximum absolute atomic E-state index is 11.3. The van der Waals surface area contributed by atoms with E-state index in [1.165, 1.54) is 44.1 Å². The van der Waals surface area contributed by atoms with E-state index in [4.69, 9.17) is 19.5 Å². The first-order chi connectivity index (χ1) is 14.4. The molecule has 1 aromatic carbocycles. The number of phosphoric ester groups is 1. The molecule has 0 bridgehead atoms. The lowest BCUT2D eigenvalue weighted by Crippen LogP contribution is -2.50. The number of hydrogen-bond acceptors (Lipinski definition) is 5. The van der Waals surface area contributed by atoms with E-state index in [-0.39, 0.29) is 13.2 Å². The molecule has 1 aromatic rings. The Bertz CT molecular complexity index is 669. The summed E-state index contributed by atoms with van der Waals surface area (Å²) in [5.41, 5.74) is 6.69. The topological polar surface area (TPSA) is 91.0 Å². The number of rotatable bonds is 15. The molecule has 30 heavy (non-hydrogen) atoms. The van der Waals surface area contributed by atoms with Crippen molar-refractivity contribution in [2.45, 2.75) is 76.2 Å². The lowest BCUT2D eigenvalue weighted by atomic mass is 9.94. The van der Waals surface area contributed by atoms with Gasteiger partial charge in [0, 0.05) is 0 Å². The van der Waals surface area contributed by atoms with Crippen LogP contribution in [0.3, 0.4) is 0 Å². The van der Waals surface area contributed by atoms with Crippen molar-refractivity contribution in [3.63, 3.8) is 0 Å². The molecule has 0 spiro atoms. The smallest absolute Gasteiger partial charge is 0.472 e. The Morgan fingerprint density at radius 3 is 2.47 bits per heavy atom. The predicted octanol–water partition coefficient (Wildman–Crippen LogP) is 5.54. The second-order valence-electron chi connectivity index (χ2n) is 8.28. The molecule has 0 radical (unpaired) electrons. The van der Waals surface area contributed by atoms with E-state index in [9.17, 15) is 9.46 Å². The highest BCUT2D eigenvalue weighted by Crippen LogP contribution is 2.47. The lowest BCUT2D eigenvalue weighted by molar-refractivity contribution is 0.0362. The van der Waals surface area contributed by atoms with Crippen molar-refractivity contribution in [2.24, 2.45) is 5.73 Å². The third-order valence-corrected chi connectivity index (χ3v) is 6.30. The van der Waals surface area contributed by atoms with Crippen LogP contribution < -0.4 is 10.5 Å². The van der Waals surface area contributed by atoms with Gasteiger partial charge in [-0.25, -0.2) is 4.57 Å². The van der Waals surface area contributed by atoms with Crippen LogP contribution >= 0.6 is 7.82 Å². The van der Waals surface area contributed by atoms with E-state index >= 15 is 0 Å². The van der Waals surface area contributed by atoms with Gasteiger partial charge in [-0.3, -0.25) is 9.05 Å². The average Bonchev–Trinajstić information content (AvgIpc) is 2.72. The molecule has 1 saturated heterocycles. The second-order valence-corrected chi connectivity index (χ2v) is 9.73. The van der Waals surface area contributed by atoms with Crippen molar-refractivity contribution in [3.05, 3.63) is 42.5 Å². The summed E-state index contributed by atoms with van der Waals surface area (Å²) in [5, 5.41) is 0.